The first-order chi connectivity index (χ1) is 18.9. The number of carbonyl (C=O) groups is 1. The van der Waals surface area contributed by atoms with Crippen LogP contribution in [-0.4, -0.2) is 73.6 Å². The molecule has 0 bridgehead atoms. The molecule has 9 nitrogen and oxygen atoms in total. The number of aromatic nitrogens is 1. The Kier molecular flexibility index (Phi) is 8.55. The number of likely N-dealkylation sites (N-methyl/N-ethyl adjacent to an activating group) is 1. The number of carboxylic acids is 1. The van der Waals surface area contributed by atoms with Crippen molar-refractivity contribution in [1.82, 2.24) is 9.88 Å². The molecule has 0 fully saturated rings. The minimum atomic E-state index is -3.52. The number of halogens is 1. The smallest absolute Gasteiger partial charge is 0.303 e. The highest BCUT2D eigenvalue weighted by Gasteiger charge is 2.21. The molecule has 0 unspecified atom stereocenters. The number of nitrogens with zero attached hydrogens (tertiary/aromatic N) is 3. The average Bonchev–Trinajstić information content (AvgIpc) is 3.20. The van der Waals surface area contributed by atoms with Crippen molar-refractivity contribution in [1.29, 1.82) is 0 Å². The fraction of sp³-hybridized carbons (Fsp3) is 0.241. The minimum absolute atomic E-state index is 0.0420. The van der Waals surface area contributed by atoms with Gasteiger partial charge in [0.15, 0.2) is 5.88 Å². The molecule has 0 radical (unpaired) electrons. The molecule has 0 atom stereocenters. The highest BCUT2D eigenvalue weighted by molar-refractivity contribution is 7.92. The van der Waals surface area contributed by atoms with E-state index in [-0.39, 0.29) is 18.8 Å². The summed E-state index contributed by atoms with van der Waals surface area (Å²) in [4.78, 5) is 20.6. The highest BCUT2D eigenvalue weighted by Crippen LogP contribution is 2.33. The predicted octanol–water partition coefficient (Wildman–Crippen LogP) is 4.53. The van der Waals surface area contributed by atoms with E-state index in [0.29, 0.717) is 52.1 Å². The number of aromatic hydroxyl groups is 1. The number of aryl methyl sites for hydroxylation is 1. The summed E-state index contributed by atoms with van der Waals surface area (Å²) in [6, 6.07) is 18.0. The van der Waals surface area contributed by atoms with Crippen LogP contribution in [0.5, 0.6) is 5.88 Å². The van der Waals surface area contributed by atoms with E-state index in [1.165, 1.54) is 16.4 Å². The lowest BCUT2D eigenvalue weighted by Crippen LogP contribution is -2.35. The lowest BCUT2D eigenvalue weighted by Gasteiger charge is -2.24. The highest BCUT2D eigenvalue weighted by atomic mass is 32.2. The van der Waals surface area contributed by atoms with E-state index < -0.39 is 21.8 Å². The first-order valence-electron chi connectivity index (χ1n) is 12.6. The van der Waals surface area contributed by atoms with Crippen LogP contribution in [0.2, 0.25) is 0 Å². The maximum atomic E-state index is 13.9. The SMILES string of the molecule is CN(C)CCN(c1ccc(N=C(c2cccc(CCC(=O)O)c2)c2c(O)[nH]c3cc(F)ccc23)cc1)S(C)(=O)=O. The fourth-order valence-corrected chi connectivity index (χ4v) is 5.30. The molecule has 0 saturated carbocycles. The van der Waals surface area contributed by atoms with Crippen molar-refractivity contribution < 1.29 is 27.8 Å². The summed E-state index contributed by atoms with van der Waals surface area (Å²) < 4.78 is 40.1. The second-order valence-electron chi connectivity index (χ2n) is 9.75. The molecular weight excluding hydrogens is 535 g/mol. The van der Waals surface area contributed by atoms with Crippen molar-refractivity contribution in [2.45, 2.75) is 12.8 Å². The summed E-state index contributed by atoms with van der Waals surface area (Å²) in [5, 5.41) is 20.5. The standard InChI is InChI=1S/C29H31FN4O5S/c1-33(2)15-16-34(40(3,38)39)23-11-9-22(10-12-23)31-28(20-6-4-5-19(17-20)7-14-26(35)36)27-24-13-8-21(30)18-25(24)32-29(27)37/h4-6,8-13,17-18,32,37H,7,14-16H2,1-3H3,(H,35,36). The quantitative estimate of drug-likeness (QED) is 0.229. The molecule has 0 saturated heterocycles. The number of fused-ring (bicyclic) bond motifs is 1. The number of benzene rings is 3. The molecule has 0 amide bonds. The van der Waals surface area contributed by atoms with Gasteiger partial charge in [0.1, 0.15) is 5.82 Å². The second-order valence-corrected chi connectivity index (χ2v) is 11.7. The first kappa shape index (κ1) is 28.8. The van der Waals surface area contributed by atoms with Crippen molar-refractivity contribution in [2.75, 3.05) is 37.7 Å². The van der Waals surface area contributed by atoms with Gasteiger partial charge in [0.25, 0.3) is 0 Å². The van der Waals surface area contributed by atoms with E-state index >= 15 is 0 Å². The molecule has 3 aromatic carbocycles. The molecule has 40 heavy (non-hydrogen) atoms. The molecular formula is C29H31FN4O5S. The van der Waals surface area contributed by atoms with Gasteiger partial charge in [0.2, 0.25) is 10.0 Å². The Bertz CT molecular complexity index is 1660. The number of sulfonamides is 1. The zero-order valence-electron chi connectivity index (χ0n) is 22.4. The second kappa shape index (κ2) is 11.9. The number of hydrogen-bond acceptors (Lipinski definition) is 6. The number of H-pyrrole nitrogens is 1. The monoisotopic (exact) mass is 566 g/mol. The number of aliphatic imine (C=N–C) groups is 1. The van der Waals surface area contributed by atoms with Crippen LogP contribution in [0.25, 0.3) is 10.9 Å². The number of aromatic amines is 1. The van der Waals surface area contributed by atoms with Crippen LogP contribution in [0.1, 0.15) is 23.1 Å². The zero-order chi connectivity index (χ0) is 29.0. The van der Waals surface area contributed by atoms with Crippen LogP contribution in [0, 0.1) is 5.82 Å². The zero-order valence-corrected chi connectivity index (χ0v) is 23.2. The van der Waals surface area contributed by atoms with E-state index in [0.717, 1.165) is 11.8 Å². The van der Waals surface area contributed by atoms with Crippen molar-refractivity contribution in [3.63, 3.8) is 0 Å². The van der Waals surface area contributed by atoms with Crippen molar-refractivity contribution >= 4 is 44.0 Å². The Labute approximate surface area is 232 Å². The molecule has 11 heteroatoms. The third-order valence-corrected chi connectivity index (χ3v) is 7.53. The van der Waals surface area contributed by atoms with E-state index in [4.69, 9.17) is 10.1 Å². The van der Waals surface area contributed by atoms with Crippen LogP contribution in [0.3, 0.4) is 0 Å². The first-order valence-corrected chi connectivity index (χ1v) is 14.4. The molecule has 0 aliphatic rings. The van der Waals surface area contributed by atoms with Crippen molar-refractivity contribution in [3.05, 3.63) is 89.2 Å². The van der Waals surface area contributed by atoms with Crippen LogP contribution in [-0.2, 0) is 21.2 Å². The van der Waals surface area contributed by atoms with E-state index in [2.05, 4.69) is 4.98 Å². The van der Waals surface area contributed by atoms with Crippen LogP contribution in [0.4, 0.5) is 15.8 Å². The predicted molar refractivity (Wildman–Crippen MR) is 155 cm³/mol. The largest absolute Gasteiger partial charge is 0.494 e. The Morgan fingerprint density at radius 3 is 2.40 bits per heavy atom. The van der Waals surface area contributed by atoms with Gasteiger partial charge in [-0.05, 0) is 74.6 Å². The van der Waals surface area contributed by atoms with Gasteiger partial charge in [-0.15, -0.1) is 0 Å². The van der Waals surface area contributed by atoms with Gasteiger partial charge in [-0.3, -0.25) is 9.10 Å². The molecule has 1 heterocycles. The Balaban J connectivity index is 1.82. The molecule has 4 rings (SSSR count). The average molecular weight is 567 g/mol. The molecule has 4 aromatic rings. The van der Waals surface area contributed by atoms with Gasteiger partial charge in [-0.1, -0.05) is 18.2 Å². The van der Waals surface area contributed by atoms with Crippen LogP contribution >= 0.6 is 0 Å². The lowest BCUT2D eigenvalue weighted by atomic mass is 9.97. The summed E-state index contributed by atoms with van der Waals surface area (Å²) in [7, 11) is 0.215. The summed E-state index contributed by atoms with van der Waals surface area (Å²) in [6.07, 6.45) is 1.43. The van der Waals surface area contributed by atoms with Crippen LogP contribution in [0.15, 0.2) is 71.7 Å². The summed E-state index contributed by atoms with van der Waals surface area (Å²) in [6.45, 7) is 0.818. The Morgan fingerprint density at radius 1 is 1.02 bits per heavy atom. The molecule has 3 N–H and O–H groups in total. The number of rotatable bonds is 11. The molecule has 0 aliphatic heterocycles. The lowest BCUT2D eigenvalue weighted by molar-refractivity contribution is -0.136. The number of nitrogens with one attached hydrogen (secondary N) is 1. The third-order valence-electron chi connectivity index (χ3n) is 6.33. The maximum absolute atomic E-state index is 13.9. The van der Waals surface area contributed by atoms with Crippen molar-refractivity contribution in [3.8, 4) is 5.88 Å². The molecule has 0 aliphatic carbocycles. The number of anilines is 1. The van der Waals surface area contributed by atoms with E-state index in [1.54, 1.807) is 42.5 Å². The van der Waals surface area contributed by atoms with Crippen molar-refractivity contribution in [2.24, 2.45) is 4.99 Å². The minimum Gasteiger partial charge on any atom is -0.494 e. The topological polar surface area (TPSA) is 126 Å². The molecule has 210 valence electrons. The van der Waals surface area contributed by atoms with Gasteiger partial charge in [-0.25, -0.2) is 17.8 Å². The van der Waals surface area contributed by atoms with Gasteiger partial charge < -0.3 is 20.1 Å². The number of carboxylic acid groups (broad SMARTS) is 1. The van der Waals surface area contributed by atoms with E-state index in [1.807, 2.05) is 31.1 Å². The summed E-state index contributed by atoms with van der Waals surface area (Å²) >= 11 is 0. The third kappa shape index (κ3) is 6.85. The number of aliphatic carboxylic acids is 1. The summed E-state index contributed by atoms with van der Waals surface area (Å²) in [5.74, 6) is -1.57. The molecule has 0 spiro atoms. The van der Waals surface area contributed by atoms with Gasteiger partial charge in [0.05, 0.1) is 34.4 Å². The maximum Gasteiger partial charge on any atom is 0.303 e. The van der Waals surface area contributed by atoms with Crippen LogP contribution < -0.4 is 4.31 Å². The Hall–Kier alpha value is -4.22. The van der Waals surface area contributed by atoms with Gasteiger partial charge in [0, 0.05) is 30.5 Å². The fourth-order valence-electron chi connectivity index (χ4n) is 4.39. The van der Waals surface area contributed by atoms with Gasteiger partial charge >= 0.3 is 5.97 Å². The van der Waals surface area contributed by atoms with Gasteiger partial charge in [-0.2, -0.15) is 0 Å². The Morgan fingerprint density at radius 2 is 1.75 bits per heavy atom. The summed E-state index contributed by atoms with van der Waals surface area (Å²) in [5.41, 5.74) is 3.51. The van der Waals surface area contributed by atoms with E-state index in [9.17, 15) is 22.7 Å². The number of hydrogen-bond donors (Lipinski definition) is 3. The molecule has 1 aromatic heterocycles. The normalized spacial score (nSPS) is 12.3.